The first-order valence-corrected chi connectivity index (χ1v) is 6.32. The fourth-order valence-electron chi connectivity index (χ4n) is 1.64. The van der Waals surface area contributed by atoms with Gasteiger partial charge < -0.3 is 9.47 Å². The minimum Gasteiger partial charge on any atom is -0.490 e. The molecule has 1 aromatic carbocycles. The van der Waals surface area contributed by atoms with Gasteiger partial charge in [-0.2, -0.15) is 0 Å². The molecular formula is C15H22O3. The molecule has 1 aromatic rings. The van der Waals surface area contributed by atoms with Gasteiger partial charge in [0.25, 0.3) is 0 Å². The van der Waals surface area contributed by atoms with Gasteiger partial charge >= 0.3 is 5.97 Å². The summed E-state index contributed by atoms with van der Waals surface area (Å²) in [6.07, 6.45) is 0.00751. The largest absolute Gasteiger partial charge is 0.490 e. The van der Waals surface area contributed by atoms with Crippen LogP contribution >= 0.6 is 0 Å². The van der Waals surface area contributed by atoms with E-state index >= 15 is 0 Å². The van der Waals surface area contributed by atoms with E-state index in [2.05, 4.69) is 0 Å². The van der Waals surface area contributed by atoms with Gasteiger partial charge in [0.2, 0.25) is 0 Å². The highest BCUT2D eigenvalue weighted by Gasteiger charge is 2.14. The van der Waals surface area contributed by atoms with Crippen molar-refractivity contribution in [2.45, 2.75) is 53.2 Å². The molecule has 0 saturated heterocycles. The van der Waals surface area contributed by atoms with Gasteiger partial charge in [-0.05, 0) is 51.8 Å². The number of rotatable bonds is 5. The van der Waals surface area contributed by atoms with E-state index in [1.165, 1.54) is 0 Å². The molecule has 1 atom stereocenters. The Balaban J connectivity index is 2.56. The number of hydrogen-bond donors (Lipinski definition) is 0. The van der Waals surface area contributed by atoms with Crippen LogP contribution in [0, 0.1) is 13.8 Å². The highest BCUT2D eigenvalue weighted by molar-refractivity contribution is 5.70. The molecule has 0 radical (unpaired) electrons. The van der Waals surface area contributed by atoms with Crippen LogP contribution in [0.3, 0.4) is 0 Å². The summed E-state index contributed by atoms with van der Waals surface area (Å²) in [7, 11) is 0. The van der Waals surface area contributed by atoms with Gasteiger partial charge in [-0.15, -0.1) is 0 Å². The van der Waals surface area contributed by atoms with Crippen molar-refractivity contribution in [3.8, 4) is 5.75 Å². The lowest BCUT2D eigenvalue weighted by atomic mass is 10.1. The number of carbonyl (C=O) groups is 1. The smallest absolute Gasteiger partial charge is 0.309 e. The van der Waals surface area contributed by atoms with E-state index in [1.54, 1.807) is 0 Å². The minimum atomic E-state index is -0.220. The third-order valence-electron chi connectivity index (χ3n) is 2.49. The molecule has 3 nitrogen and oxygen atoms in total. The van der Waals surface area contributed by atoms with Crippen molar-refractivity contribution >= 4 is 5.97 Å². The highest BCUT2D eigenvalue weighted by Crippen LogP contribution is 2.21. The van der Waals surface area contributed by atoms with Crippen LogP contribution in [0.4, 0.5) is 0 Å². The maximum Gasteiger partial charge on any atom is 0.309 e. The summed E-state index contributed by atoms with van der Waals surface area (Å²) in [6, 6.07) is 6.04. The average molecular weight is 250 g/mol. The van der Waals surface area contributed by atoms with Gasteiger partial charge in [0.15, 0.2) is 0 Å². The van der Waals surface area contributed by atoms with Crippen molar-refractivity contribution in [3.63, 3.8) is 0 Å². The number of ether oxygens (including phenoxy) is 2. The van der Waals surface area contributed by atoms with E-state index in [4.69, 9.17) is 9.47 Å². The standard InChI is InChI=1S/C15H22O3/c1-10(2)17-15(16)9-13(5)18-14-8-11(3)6-7-12(14)4/h6-8,10,13H,9H2,1-5H3. The Labute approximate surface area is 109 Å². The first-order valence-electron chi connectivity index (χ1n) is 6.32. The van der Waals surface area contributed by atoms with E-state index in [0.29, 0.717) is 0 Å². The summed E-state index contributed by atoms with van der Waals surface area (Å²) in [5.74, 6) is 0.614. The maximum atomic E-state index is 11.5. The molecule has 0 fully saturated rings. The van der Waals surface area contributed by atoms with E-state index in [-0.39, 0.29) is 24.6 Å². The minimum absolute atomic E-state index is 0.0783. The number of benzene rings is 1. The molecule has 0 N–H and O–H groups in total. The molecule has 0 aliphatic heterocycles. The maximum absolute atomic E-state index is 11.5. The summed E-state index contributed by atoms with van der Waals surface area (Å²) in [5, 5.41) is 0. The molecule has 18 heavy (non-hydrogen) atoms. The lowest BCUT2D eigenvalue weighted by molar-refractivity contribution is -0.149. The van der Waals surface area contributed by atoms with Gasteiger partial charge in [0.05, 0.1) is 12.5 Å². The quantitative estimate of drug-likeness (QED) is 0.751. The van der Waals surface area contributed by atoms with Crippen LogP contribution in [0.5, 0.6) is 5.75 Å². The summed E-state index contributed by atoms with van der Waals surface area (Å²) in [5.41, 5.74) is 2.22. The summed E-state index contributed by atoms with van der Waals surface area (Å²) < 4.78 is 10.9. The Morgan fingerprint density at radius 1 is 1.22 bits per heavy atom. The van der Waals surface area contributed by atoms with Gasteiger partial charge in [-0.1, -0.05) is 12.1 Å². The molecule has 0 amide bonds. The summed E-state index contributed by atoms with van der Waals surface area (Å²) >= 11 is 0. The molecule has 1 rings (SSSR count). The second-order valence-corrected chi connectivity index (χ2v) is 4.94. The van der Waals surface area contributed by atoms with Crippen molar-refractivity contribution in [3.05, 3.63) is 29.3 Å². The van der Waals surface area contributed by atoms with Crippen LogP contribution in [0.2, 0.25) is 0 Å². The van der Waals surface area contributed by atoms with Gasteiger partial charge in [-0.3, -0.25) is 4.79 Å². The van der Waals surface area contributed by atoms with Crippen LogP contribution in [0.1, 0.15) is 38.3 Å². The van der Waals surface area contributed by atoms with Crippen molar-refractivity contribution < 1.29 is 14.3 Å². The third kappa shape index (κ3) is 4.78. The lowest BCUT2D eigenvalue weighted by Gasteiger charge is -2.17. The number of aryl methyl sites for hydroxylation is 2. The second kappa shape index (κ2) is 6.43. The fraction of sp³-hybridized carbons (Fsp3) is 0.533. The van der Waals surface area contributed by atoms with E-state index in [1.807, 2.05) is 52.8 Å². The predicted molar refractivity (Wildman–Crippen MR) is 71.9 cm³/mol. The first-order chi connectivity index (χ1) is 8.38. The number of hydrogen-bond acceptors (Lipinski definition) is 3. The van der Waals surface area contributed by atoms with Gasteiger partial charge in [0, 0.05) is 0 Å². The first kappa shape index (κ1) is 14.6. The van der Waals surface area contributed by atoms with Gasteiger partial charge in [0.1, 0.15) is 11.9 Å². The van der Waals surface area contributed by atoms with Crippen LogP contribution in [-0.2, 0) is 9.53 Å². The number of esters is 1. The van der Waals surface area contributed by atoms with Gasteiger partial charge in [-0.25, -0.2) is 0 Å². The van der Waals surface area contributed by atoms with Crippen LogP contribution in [-0.4, -0.2) is 18.2 Å². The van der Waals surface area contributed by atoms with Crippen molar-refractivity contribution in [1.82, 2.24) is 0 Å². The Bertz CT molecular complexity index is 410. The van der Waals surface area contributed by atoms with E-state index in [0.717, 1.165) is 16.9 Å². The molecule has 0 saturated carbocycles. The lowest BCUT2D eigenvalue weighted by Crippen LogP contribution is -2.21. The molecule has 100 valence electrons. The molecule has 0 aliphatic rings. The van der Waals surface area contributed by atoms with Crippen molar-refractivity contribution in [2.24, 2.45) is 0 Å². The van der Waals surface area contributed by atoms with E-state index in [9.17, 15) is 4.79 Å². The topological polar surface area (TPSA) is 35.5 Å². The molecule has 0 aliphatic carbocycles. The average Bonchev–Trinajstić information content (AvgIpc) is 2.21. The fourth-order valence-corrected chi connectivity index (χ4v) is 1.64. The van der Waals surface area contributed by atoms with Crippen LogP contribution in [0.25, 0.3) is 0 Å². The zero-order valence-corrected chi connectivity index (χ0v) is 11.8. The molecule has 1 unspecified atom stereocenters. The third-order valence-corrected chi connectivity index (χ3v) is 2.49. The molecule has 0 aromatic heterocycles. The van der Waals surface area contributed by atoms with Crippen LogP contribution < -0.4 is 4.74 Å². The molecule has 3 heteroatoms. The highest BCUT2D eigenvalue weighted by atomic mass is 16.5. The molecular weight excluding hydrogens is 228 g/mol. The number of carbonyl (C=O) groups excluding carboxylic acids is 1. The molecule has 0 heterocycles. The molecule has 0 bridgehead atoms. The van der Waals surface area contributed by atoms with Crippen molar-refractivity contribution in [2.75, 3.05) is 0 Å². The second-order valence-electron chi connectivity index (χ2n) is 4.94. The SMILES string of the molecule is Cc1ccc(C)c(OC(C)CC(=O)OC(C)C)c1. The zero-order valence-electron chi connectivity index (χ0n) is 11.8. The normalized spacial score (nSPS) is 12.3. The van der Waals surface area contributed by atoms with Crippen LogP contribution in [0.15, 0.2) is 18.2 Å². The van der Waals surface area contributed by atoms with E-state index < -0.39 is 0 Å². The Morgan fingerprint density at radius 2 is 1.89 bits per heavy atom. The molecule has 0 spiro atoms. The monoisotopic (exact) mass is 250 g/mol. The summed E-state index contributed by atoms with van der Waals surface area (Å²) in [6.45, 7) is 9.57. The zero-order chi connectivity index (χ0) is 13.7. The Hall–Kier alpha value is -1.51. The Kier molecular flexibility index (Phi) is 5.20. The Morgan fingerprint density at radius 3 is 2.50 bits per heavy atom. The predicted octanol–water partition coefficient (Wildman–Crippen LogP) is 3.41. The summed E-state index contributed by atoms with van der Waals surface area (Å²) in [4.78, 5) is 11.5. The van der Waals surface area contributed by atoms with Crippen molar-refractivity contribution in [1.29, 1.82) is 0 Å².